The van der Waals surface area contributed by atoms with Crippen LogP contribution in [-0.4, -0.2) is 19.0 Å². The number of ether oxygens (including phenoxy) is 2. The number of hydrogen-bond donors (Lipinski definition) is 0. The second-order valence-electron chi connectivity index (χ2n) is 17.3. The summed E-state index contributed by atoms with van der Waals surface area (Å²) >= 11 is 0. The summed E-state index contributed by atoms with van der Waals surface area (Å²) in [5, 5.41) is 0. The molecule has 0 aromatic heterocycles. The first-order valence-corrected chi connectivity index (χ1v) is 22.2. The number of rotatable bonds is 9. The molecule has 11 rings (SSSR count). The van der Waals surface area contributed by atoms with Gasteiger partial charge in [-0.15, -0.1) is 0 Å². The van der Waals surface area contributed by atoms with Crippen molar-refractivity contribution in [1.29, 1.82) is 0 Å². The quantitative estimate of drug-likeness (QED) is 0.145. The fourth-order valence-electron chi connectivity index (χ4n) is 10.5. The van der Waals surface area contributed by atoms with E-state index in [4.69, 9.17) is 9.47 Å². The van der Waals surface area contributed by atoms with Crippen LogP contribution in [0.1, 0.15) is 58.1 Å². The molecular weight excluding hydrogens is 767 g/mol. The zero-order chi connectivity index (χ0) is 42.3. The predicted octanol–water partition coefficient (Wildman–Crippen LogP) is 15.1. The van der Waals surface area contributed by atoms with E-state index in [1.165, 1.54) is 55.8 Å². The summed E-state index contributed by atoms with van der Waals surface area (Å²) < 4.78 is 13.8. The Morgan fingerprint density at radius 1 is 0.603 bits per heavy atom. The molecule has 0 bridgehead atoms. The third-order valence-corrected chi connectivity index (χ3v) is 13.5. The first-order valence-electron chi connectivity index (χ1n) is 22.2. The van der Waals surface area contributed by atoms with E-state index in [-0.39, 0.29) is 23.2 Å². The Balaban J connectivity index is 0.914. The second kappa shape index (κ2) is 16.2. The SMILES string of the molecule is CN(C)/C(=C\C(c1ccccc1)c1ccc(-c2ccc3c(c2)Oc2ccc4c(c2O3)C2C=CC=CC2C4(C2=CCCC=C2)c2ccccc2)cc1)c1ccc(-c2ccccc2)cc1. The fourth-order valence-corrected chi connectivity index (χ4v) is 10.5. The molecule has 0 fully saturated rings. The van der Waals surface area contributed by atoms with Gasteiger partial charge in [-0.1, -0.05) is 194 Å². The zero-order valence-corrected chi connectivity index (χ0v) is 35.7. The van der Waals surface area contributed by atoms with Crippen LogP contribution in [0, 0.1) is 5.92 Å². The van der Waals surface area contributed by atoms with Crippen LogP contribution in [0.25, 0.3) is 28.0 Å². The molecule has 0 saturated carbocycles. The molecule has 7 aromatic rings. The Hall–Kier alpha value is -7.36. The van der Waals surface area contributed by atoms with Crippen LogP contribution in [0.15, 0.2) is 224 Å². The van der Waals surface area contributed by atoms with E-state index >= 15 is 0 Å². The number of hydrogen-bond acceptors (Lipinski definition) is 3. The van der Waals surface area contributed by atoms with E-state index in [9.17, 15) is 0 Å². The van der Waals surface area contributed by atoms with Crippen LogP contribution in [0.2, 0.25) is 0 Å². The maximum atomic E-state index is 6.97. The standard InChI is InChI=1S/C60H49NO2/c1-61(2)54(46-33-29-42(30-34-46)41-17-7-3-8-18-41)40-51(44-19-9-4-10-20-44)45-31-27-43(28-32-45)47-35-37-55-57(39-47)62-56-38-36-53-58(59(56)63-55)50-25-15-16-26-52(50)60(53,48-21-11-5-12-22-48)49-23-13-6-14-24-49/h3-5,7-13,15-40,50-52H,6,14H2,1-2H3/b54-40-. The van der Waals surface area contributed by atoms with Gasteiger partial charge in [0.05, 0.1) is 5.41 Å². The monoisotopic (exact) mass is 815 g/mol. The molecule has 306 valence electrons. The summed E-state index contributed by atoms with van der Waals surface area (Å²) in [7, 11) is 4.25. The highest BCUT2D eigenvalue weighted by atomic mass is 16.6. The summed E-state index contributed by atoms with van der Waals surface area (Å²) in [6.45, 7) is 0. The lowest BCUT2D eigenvalue weighted by Crippen LogP contribution is -2.35. The maximum absolute atomic E-state index is 6.97. The number of nitrogens with zero attached hydrogens (tertiary/aromatic N) is 1. The molecule has 1 aliphatic heterocycles. The van der Waals surface area contributed by atoms with Crippen LogP contribution < -0.4 is 9.47 Å². The molecule has 3 nitrogen and oxygen atoms in total. The van der Waals surface area contributed by atoms with Crippen molar-refractivity contribution in [3.05, 3.63) is 257 Å². The minimum Gasteiger partial charge on any atom is -0.449 e. The Bertz CT molecular complexity index is 2960. The maximum Gasteiger partial charge on any atom is 0.174 e. The molecule has 0 radical (unpaired) electrons. The van der Waals surface area contributed by atoms with Gasteiger partial charge in [0, 0.05) is 43.1 Å². The highest BCUT2D eigenvalue weighted by Gasteiger charge is 2.55. The van der Waals surface area contributed by atoms with Gasteiger partial charge < -0.3 is 14.4 Å². The Kier molecular flexibility index (Phi) is 9.89. The Morgan fingerprint density at radius 2 is 1.24 bits per heavy atom. The van der Waals surface area contributed by atoms with E-state index in [1.54, 1.807) is 0 Å². The van der Waals surface area contributed by atoms with Crippen LogP contribution in [0.4, 0.5) is 0 Å². The van der Waals surface area contributed by atoms with Gasteiger partial charge in [0.25, 0.3) is 0 Å². The molecule has 4 atom stereocenters. The minimum atomic E-state index is -0.342. The summed E-state index contributed by atoms with van der Waals surface area (Å²) in [6, 6.07) is 61.1. The molecule has 3 aliphatic carbocycles. The molecule has 0 amide bonds. The first kappa shape index (κ1) is 38.6. The zero-order valence-electron chi connectivity index (χ0n) is 35.7. The van der Waals surface area contributed by atoms with Crippen molar-refractivity contribution >= 4 is 5.70 Å². The first-order chi connectivity index (χ1) is 31.1. The molecule has 7 aromatic carbocycles. The molecular formula is C60H49NO2. The molecule has 1 heterocycles. The highest BCUT2D eigenvalue weighted by molar-refractivity contribution is 5.75. The van der Waals surface area contributed by atoms with Crippen molar-refractivity contribution in [2.75, 3.05) is 14.1 Å². The number of fused-ring (bicyclic) bond motifs is 6. The lowest BCUT2D eigenvalue weighted by molar-refractivity contribution is 0.355. The summed E-state index contributed by atoms with van der Waals surface area (Å²) in [5.41, 5.74) is 14.3. The largest absolute Gasteiger partial charge is 0.449 e. The van der Waals surface area contributed by atoms with Crippen molar-refractivity contribution in [3.8, 4) is 45.3 Å². The molecule has 4 aliphatic rings. The van der Waals surface area contributed by atoms with Crippen molar-refractivity contribution < 1.29 is 9.47 Å². The summed E-state index contributed by atoms with van der Waals surface area (Å²) in [5.74, 6) is 3.44. The molecule has 0 saturated heterocycles. The summed E-state index contributed by atoms with van der Waals surface area (Å²) in [6.07, 6.45) is 20.8. The average molecular weight is 816 g/mol. The lowest BCUT2D eigenvalue weighted by Gasteiger charge is -2.40. The topological polar surface area (TPSA) is 21.7 Å². The van der Waals surface area contributed by atoms with E-state index in [0.717, 1.165) is 47.0 Å². The molecule has 3 heteroatoms. The fraction of sp³-hybridized carbons (Fsp3) is 0.133. The third-order valence-electron chi connectivity index (χ3n) is 13.5. The number of benzene rings is 7. The van der Waals surface area contributed by atoms with Gasteiger partial charge in [-0.05, 0) is 92.8 Å². The van der Waals surface area contributed by atoms with Crippen LogP contribution in [-0.2, 0) is 5.41 Å². The van der Waals surface area contributed by atoms with Crippen molar-refractivity contribution in [3.63, 3.8) is 0 Å². The van der Waals surface area contributed by atoms with E-state index in [1.807, 2.05) is 0 Å². The van der Waals surface area contributed by atoms with Gasteiger partial charge in [0.15, 0.2) is 23.0 Å². The molecule has 4 unspecified atom stereocenters. The number of allylic oxidation sites excluding steroid dienone is 9. The molecule has 0 spiro atoms. The third kappa shape index (κ3) is 6.76. The van der Waals surface area contributed by atoms with E-state index in [0.29, 0.717) is 0 Å². The van der Waals surface area contributed by atoms with Crippen molar-refractivity contribution in [2.45, 2.75) is 30.1 Å². The van der Waals surface area contributed by atoms with Crippen molar-refractivity contribution in [2.24, 2.45) is 5.92 Å². The lowest BCUT2D eigenvalue weighted by atomic mass is 9.62. The van der Waals surface area contributed by atoms with Gasteiger partial charge in [-0.2, -0.15) is 0 Å². The Labute approximate surface area is 371 Å². The smallest absolute Gasteiger partial charge is 0.174 e. The van der Waals surface area contributed by atoms with Gasteiger partial charge in [0.1, 0.15) is 0 Å². The van der Waals surface area contributed by atoms with Crippen LogP contribution >= 0.6 is 0 Å². The molecule has 0 N–H and O–H groups in total. The Morgan fingerprint density at radius 3 is 1.97 bits per heavy atom. The minimum absolute atomic E-state index is 0.0464. The summed E-state index contributed by atoms with van der Waals surface area (Å²) in [4.78, 5) is 2.22. The van der Waals surface area contributed by atoms with Gasteiger partial charge >= 0.3 is 0 Å². The second-order valence-corrected chi connectivity index (χ2v) is 17.3. The van der Waals surface area contributed by atoms with Gasteiger partial charge in [0.2, 0.25) is 0 Å². The predicted molar refractivity (Wildman–Crippen MR) is 258 cm³/mol. The normalized spacial score (nSPS) is 19.7. The van der Waals surface area contributed by atoms with Gasteiger partial charge in [-0.3, -0.25) is 0 Å². The molecule has 63 heavy (non-hydrogen) atoms. The van der Waals surface area contributed by atoms with Crippen molar-refractivity contribution in [1.82, 2.24) is 4.90 Å². The van der Waals surface area contributed by atoms with E-state index < -0.39 is 0 Å². The van der Waals surface area contributed by atoms with Crippen LogP contribution in [0.5, 0.6) is 23.0 Å². The van der Waals surface area contributed by atoms with Crippen LogP contribution in [0.3, 0.4) is 0 Å². The highest BCUT2D eigenvalue weighted by Crippen LogP contribution is 2.65. The average Bonchev–Trinajstić information content (AvgIpc) is 3.66. The van der Waals surface area contributed by atoms with Gasteiger partial charge in [-0.25, -0.2) is 0 Å². The van der Waals surface area contributed by atoms with E-state index in [2.05, 4.69) is 237 Å².